The Bertz CT molecular complexity index is 1010. The lowest BCUT2D eigenvalue weighted by molar-refractivity contribution is -0.384. The van der Waals surface area contributed by atoms with E-state index in [0.29, 0.717) is 5.69 Å². The molecule has 0 aliphatic carbocycles. The number of hydrogen-bond acceptors (Lipinski definition) is 6. The van der Waals surface area contributed by atoms with Gasteiger partial charge in [0, 0.05) is 24.9 Å². The molecule has 30 heavy (non-hydrogen) atoms. The molecular formula is C22H22N4O4. The van der Waals surface area contributed by atoms with Crippen molar-refractivity contribution in [1.82, 2.24) is 10.0 Å². The monoisotopic (exact) mass is 406 g/mol. The largest absolute Gasteiger partial charge is 0.371 e. The van der Waals surface area contributed by atoms with Gasteiger partial charge in [0.1, 0.15) is 12.3 Å². The second-order valence-electron chi connectivity index (χ2n) is 6.67. The van der Waals surface area contributed by atoms with Crippen LogP contribution >= 0.6 is 0 Å². The van der Waals surface area contributed by atoms with Gasteiger partial charge in [0.25, 0.3) is 11.6 Å². The molecule has 0 radical (unpaired) electrons. The molecule has 8 nitrogen and oxygen atoms in total. The number of hydrogen-bond donors (Lipinski definition) is 1. The van der Waals surface area contributed by atoms with Gasteiger partial charge >= 0.3 is 0 Å². The van der Waals surface area contributed by atoms with Crippen LogP contribution in [0.3, 0.4) is 0 Å². The highest BCUT2D eigenvalue weighted by molar-refractivity contribution is 5.95. The van der Waals surface area contributed by atoms with Gasteiger partial charge in [0.2, 0.25) is 0 Å². The Labute approximate surface area is 174 Å². The maximum absolute atomic E-state index is 12.6. The van der Waals surface area contributed by atoms with Gasteiger partial charge in [0.15, 0.2) is 0 Å². The minimum Gasteiger partial charge on any atom is -0.371 e. The molecular weight excluding hydrogens is 384 g/mol. The van der Waals surface area contributed by atoms with Gasteiger partial charge in [0.05, 0.1) is 16.7 Å². The van der Waals surface area contributed by atoms with E-state index in [-0.39, 0.29) is 23.9 Å². The summed E-state index contributed by atoms with van der Waals surface area (Å²) >= 11 is 0. The van der Waals surface area contributed by atoms with Crippen molar-refractivity contribution in [1.29, 1.82) is 0 Å². The minimum absolute atomic E-state index is 0.160. The summed E-state index contributed by atoms with van der Waals surface area (Å²) in [6.45, 7) is 2.07. The Morgan fingerprint density at radius 3 is 2.57 bits per heavy atom. The molecule has 0 spiro atoms. The zero-order valence-electron chi connectivity index (χ0n) is 16.7. The number of anilines is 1. The third-order valence-electron chi connectivity index (χ3n) is 4.50. The van der Waals surface area contributed by atoms with E-state index in [4.69, 9.17) is 4.84 Å². The number of amides is 1. The summed E-state index contributed by atoms with van der Waals surface area (Å²) in [7, 11) is 1.48. The van der Waals surface area contributed by atoms with Crippen LogP contribution in [-0.2, 0) is 11.4 Å². The third-order valence-corrected chi connectivity index (χ3v) is 4.50. The molecule has 0 bridgehead atoms. The Kier molecular flexibility index (Phi) is 6.71. The first-order valence-electron chi connectivity index (χ1n) is 9.36. The van der Waals surface area contributed by atoms with Crippen LogP contribution in [0.25, 0.3) is 0 Å². The van der Waals surface area contributed by atoms with Crippen molar-refractivity contribution in [3.8, 4) is 0 Å². The van der Waals surface area contributed by atoms with Crippen LogP contribution in [0, 0.1) is 10.1 Å². The van der Waals surface area contributed by atoms with Gasteiger partial charge in [-0.15, -0.1) is 0 Å². The average molecular weight is 406 g/mol. The van der Waals surface area contributed by atoms with E-state index >= 15 is 0 Å². The summed E-state index contributed by atoms with van der Waals surface area (Å²) in [5, 5.41) is 15.8. The molecule has 0 aliphatic rings. The quantitative estimate of drug-likeness (QED) is 0.441. The highest BCUT2D eigenvalue weighted by Crippen LogP contribution is 2.29. The first-order valence-corrected chi connectivity index (χ1v) is 9.36. The number of nitrogens with zero attached hydrogens (tertiary/aromatic N) is 3. The molecule has 1 heterocycles. The molecule has 0 fully saturated rings. The molecule has 0 aliphatic heterocycles. The summed E-state index contributed by atoms with van der Waals surface area (Å²) in [6, 6.07) is 18.9. The van der Waals surface area contributed by atoms with Crippen LogP contribution in [0.15, 0.2) is 72.9 Å². The van der Waals surface area contributed by atoms with Crippen molar-refractivity contribution < 1.29 is 14.6 Å². The Hall–Kier alpha value is -3.78. The van der Waals surface area contributed by atoms with Gasteiger partial charge in [-0.1, -0.05) is 36.4 Å². The van der Waals surface area contributed by atoms with E-state index in [2.05, 4.69) is 10.3 Å². The molecule has 1 N–H and O–H groups in total. The lowest BCUT2D eigenvalue weighted by Crippen LogP contribution is -2.27. The van der Waals surface area contributed by atoms with E-state index in [0.717, 1.165) is 16.3 Å². The summed E-state index contributed by atoms with van der Waals surface area (Å²) in [5.41, 5.74) is 1.93. The highest BCUT2D eigenvalue weighted by Gasteiger charge is 2.21. The van der Waals surface area contributed by atoms with Crippen LogP contribution in [0.4, 0.5) is 11.4 Å². The highest BCUT2D eigenvalue weighted by atomic mass is 16.7. The maximum atomic E-state index is 12.6. The molecule has 1 aromatic heterocycles. The maximum Gasteiger partial charge on any atom is 0.293 e. The van der Waals surface area contributed by atoms with E-state index < -0.39 is 10.8 Å². The van der Waals surface area contributed by atoms with Crippen LogP contribution in [0.1, 0.15) is 34.6 Å². The SMILES string of the molecule is CC(Nc1ccc(C(=O)N(C)OCc2ccccc2)cc1[N+](=O)[O-])c1ccccn1. The van der Waals surface area contributed by atoms with Gasteiger partial charge in [-0.05, 0) is 36.8 Å². The van der Waals surface area contributed by atoms with Crippen LogP contribution in [0.5, 0.6) is 0 Å². The first kappa shape index (κ1) is 20.9. The molecule has 1 amide bonds. The molecule has 154 valence electrons. The van der Waals surface area contributed by atoms with Crippen LogP contribution in [-0.4, -0.2) is 27.9 Å². The fraction of sp³-hybridized carbons (Fsp3) is 0.182. The van der Waals surface area contributed by atoms with Gasteiger partial charge in [-0.3, -0.25) is 24.7 Å². The van der Waals surface area contributed by atoms with E-state index in [1.54, 1.807) is 12.3 Å². The molecule has 3 rings (SSSR count). The van der Waals surface area contributed by atoms with E-state index in [9.17, 15) is 14.9 Å². The Balaban J connectivity index is 1.73. The minimum atomic E-state index is -0.519. The summed E-state index contributed by atoms with van der Waals surface area (Å²) in [5.74, 6) is -0.474. The number of aromatic nitrogens is 1. The lowest BCUT2D eigenvalue weighted by atomic mass is 10.1. The van der Waals surface area contributed by atoms with Crippen molar-refractivity contribution in [2.45, 2.75) is 19.6 Å². The number of nitrogens with one attached hydrogen (secondary N) is 1. The number of hydroxylamine groups is 2. The average Bonchev–Trinajstić information content (AvgIpc) is 2.78. The second kappa shape index (κ2) is 9.62. The molecule has 1 atom stereocenters. The van der Waals surface area contributed by atoms with Crippen molar-refractivity contribution >= 4 is 17.3 Å². The number of benzene rings is 2. The van der Waals surface area contributed by atoms with E-state index in [1.807, 2.05) is 49.4 Å². The predicted molar refractivity (Wildman–Crippen MR) is 113 cm³/mol. The standard InChI is InChI=1S/C22H22N4O4/c1-16(19-10-6-7-13-23-19)24-20-12-11-18(14-21(20)26(28)29)22(27)25(2)30-15-17-8-4-3-5-9-17/h3-14,16,24H,15H2,1-2H3. The summed E-state index contributed by atoms with van der Waals surface area (Å²) < 4.78 is 0. The van der Waals surface area contributed by atoms with E-state index in [1.165, 1.54) is 25.2 Å². The second-order valence-corrected chi connectivity index (χ2v) is 6.67. The van der Waals surface area contributed by atoms with Gasteiger partial charge < -0.3 is 5.32 Å². The number of rotatable bonds is 8. The predicted octanol–water partition coefficient (Wildman–Crippen LogP) is 4.37. The Morgan fingerprint density at radius 2 is 1.90 bits per heavy atom. The van der Waals surface area contributed by atoms with Crippen molar-refractivity contribution in [2.75, 3.05) is 12.4 Å². The third kappa shape index (κ3) is 5.18. The molecule has 0 saturated carbocycles. The normalized spacial score (nSPS) is 11.5. The number of nitro groups is 1. The molecule has 3 aromatic rings. The van der Waals surface area contributed by atoms with Crippen LogP contribution in [0.2, 0.25) is 0 Å². The van der Waals surface area contributed by atoms with Crippen molar-refractivity contribution in [3.63, 3.8) is 0 Å². The van der Waals surface area contributed by atoms with Crippen LogP contribution < -0.4 is 5.32 Å². The molecule has 2 aromatic carbocycles. The van der Waals surface area contributed by atoms with Gasteiger partial charge in [-0.2, -0.15) is 0 Å². The number of carbonyl (C=O) groups excluding carboxylic acids is 1. The number of nitro benzene ring substituents is 1. The smallest absolute Gasteiger partial charge is 0.293 e. The van der Waals surface area contributed by atoms with Crippen molar-refractivity contribution in [3.05, 3.63) is 99.9 Å². The van der Waals surface area contributed by atoms with Crippen molar-refractivity contribution in [2.24, 2.45) is 0 Å². The number of carbonyl (C=O) groups is 1. The molecule has 8 heteroatoms. The molecule has 0 saturated heterocycles. The molecule has 1 unspecified atom stereocenters. The zero-order valence-corrected chi connectivity index (χ0v) is 16.7. The fourth-order valence-corrected chi connectivity index (χ4v) is 2.86. The Morgan fingerprint density at radius 1 is 1.17 bits per heavy atom. The lowest BCUT2D eigenvalue weighted by Gasteiger charge is -2.18. The topological polar surface area (TPSA) is 97.6 Å². The number of pyridine rings is 1. The fourth-order valence-electron chi connectivity index (χ4n) is 2.86. The zero-order chi connectivity index (χ0) is 21.5. The summed E-state index contributed by atoms with van der Waals surface area (Å²) in [6.07, 6.45) is 1.66. The van der Waals surface area contributed by atoms with Gasteiger partial charge in [-0.25, -0.2) is 5.06 Å². The first-order chi connectivity index (χ1) is 14.5. The summed E-state index contributed by atoms with van der Waals surface area (Å²) in [4.78, 5) is 33.5.